The summed E-state index contributed by atoms with van der Waals surface area (Å²) in [6.07, 6.45) is 4.12. The molecule has 1 saturated heterocycles. The SMILES string of the molecule is CN(c1ccccc1)c1cnnc(N2CCCC2)n1. The van der Waals surface area contributed by atoms with Crippen molar-refractivity contribution in [2.75, 3.05) is 29.9 Å². The van der Waals surface area contributed by atoms with Gasteiger partial charge in [0.1, 0.15) is 0 Å². The number of hydrogen-bond acceptors (Lipinski definition) is 5. The minimum atomic E-state index is 0.734. The largest absolute Gasteiger partial charge is 0.339 e. The number of rotatable bonds is 3. The average molecular weight is 255 g/mol. The van der Waals surface area contributed by atoms with E-state index in [1.165, 1.54) is 12.8 Å². The first-order valence-electron chi connectivity index (χ1n) is 6.58. The van der Waals surface area contributed by atoms with E-state index in [1.807, 2.05) is 30.1 Å². The smallest absolute Gasteiger partial charge is 0.247 e. The van der Waals surface area contributed by atoms with Gasteiger partial charge in [0.15, 0.2) is 5.82 Å². The lowest BCUT2D eigenvalue weighted by molar-refractivity contribution is 0.844. The summed E-state index contributed by atoms with van der Waals surface area (Å²) in [6.45, 7) is 2.06. The third kappa shape index (κ3) is 2.50. The van der Waals surface area contributed by atoms with Crippen molar-refractivity contribution >= 4 is 17.5 Å². The topological polar surface area (TPSA) is 45.2 Å². The third-order valence-electron chi connectivity index (χ3n) is 3.41. The first kappa shape index (κ1) is 11.9. The van der Waals surface area contributed by atoms with Crippen molar-refractivity contribution in [2.24, 2.45) is 0 Å². The molecule has 1 aliphatic rings. The van der Waals surface area contributed by atoms with Crippen LogP contribution in [0.3, 0.4) is 0 Å². The van der Waals surface area contributed by atoms with Crippen LogP contribution in [0.4, 0.5) is 17.5 Å². The van der Waals surface area contributed by atoms with Crippen LogP contribution >= 0.6 is 0 Å². The van der Waals surface area contributed by atoms with E-state index < -0.39 is 0 Å². The maximum atomic E-state index is 4.61. The quantitative estimate of drug-likeness (QED) is 0.841. The Labute approximate surface area is 112 Å². The van der Waals surface area contributed by atoms with E-state index in [-0.39, 0.29) is 0 Å². The van der Waals surface area contributed by atoms with Gasteiger partial charge in [-0.1, -0.05) is 18.2 Å². The van der Waals surface area contributed by atoms with E-state index in [4.69, 9.17) is 0 Å². The molecule has 0 atom stereocenters. The van der Waals surface area contributed by atoms with Crippen molar-refractivity contribution in [3.05, 3.63) is 36.5 Å². The molecule has 19 heavy (non-hydrogen) atoms. The third-order valence-corrected chi connectivity index (χ3v) is 3.41. The van der Waals surface area contributed by atoms with Crippen LogP contribution in [0.25, 0.3) is 0 Å². The van der Waals surface area contributed by atoms with Gasteiger partial charge in [-0.2, -0.15) is 10.1 Å². The minimum Gasteiger partial charge on any atom is -0.339 e. The maximum Gasteiger partial charge on any atom is 0.247 e. The highest BCUT2D eigenvalue weighted by molar-refractivity contribution is 5.58. The molecular formula is C14H17N5. The number of anilines is 3. The highest BCUT2D eigenvalue weighted by Crippen LogP contribution is 2.22. The number of benzene rings is 1. The van der Waals surface area contributed by atoms with Crippen LogP contribution in [0.1, 0.15) is 12.8 Å². The van der Waals surface area contributed by atoms with Gasteiger partial charge in [-0.15, -0.1) is 5.10 Å². The van der Waals surface area contributed by atoms with E-state index in [2.05, 4.69) is 32.2 Å². The van der Waals surface area contributed by atoms with Crippen LogP contribution < -0.4 is 9.80 Å². The summed E-state index contributed by atoms with van der Waals surface area (Å²) in [4.78, 5) is 8.82. The van der Waals surface area contributed by atoms with Crippen LogP contribution in [0, 0.1) is 0 Å². The second kappa shape index (κ2) is 5.22. The molecule has 0 spiro atoms. The molecule has 0 radical (unpaired) electrons. The summed E-state index contributed by atoms with van der Waals surface area (Å²) < 4.78 is 0. The fourth-order valence-corrected chi connectivity index (χ4v) is 2.28. The first-order chi connectivity index (χ1) is 9.34. The first-order valence-corrected chi connectivity index (χ1v) is 6.58. The molecule has 0 aliphatic carbocycles. The molecule has 0 unspecified atom stereocenters. The molecule has 3 rings (SSSR count). The van der Waals surface area contributed by atoms with Crippen LogP contribution in [0.5, 0.6) is 0 Å². The molecule has 1 aromatic carbocycles. The van der Waals surface area contributed by atoms with Crippen LogP contribution in [-0.4, -0.2) is 35.3 Å². The van der Waals surface area contributed by atoms with Gasteiger partial charge in [0.05, 0.1) is 6.20 Å². The van der Waals surface area contributed by atoms with Crippen LogP contribution in [0.2, 0.25) is 0 Å². The molecule has 98 valence electrons. The molecule has 2 heterocycles. The van der Waals surface area contributed by atoms with Crippen molar-refractivity contribution in [3.63, 3.8) is 0 Å². The van der Waals surface area contributed by atoms with Crippen molar-refractivity contribution in [1.82, 2.24) is 15.2 Å². The zero-order chi connectivity index (χ0) is 13.1. The molecule has 1 aromatic heterocycles. The highest BCUT2D eigenvalue weighted by Gasteiger charge is 2.16. The number of nitrogens with zero attached hydrogens (tertiary/aromatic N) is 5. The second-order valence-corrected chi connectivity index (χ2v) is 4.70. The van der Waals surface area contributed by atoms with Gasteiger partial charge in [0.2, 0.25) is 5.95 Å². The zero-order valence-electron chi connectivity index (χ0n) is 11.0. The fourth-order valence-electron chi connectivity index (χ4n) is 2.28. The Balaban J connectivity index is 1.86. The Kier molecular flexibility index (Phi) is 3.27. The molecule has 5 nitrogen and oxygen atoms in total. The second-order valence-electron chi connectivity index (χ2n) is 4.70. The number of para-hydroxylation sites is 1. The minimum absolute atomic E-state index is 0.734. The van der Waals surface area contributed by atoms with E-state index in [0.29, 0.717) is 0 Å². The summed E-state index contributed by atoms with van der Waals surface area (Å²) in [5.41, 5.74) is 1.09. The molecule has 2 aromatic rings. The predicted molar refractivity (Wildman–Crippen MR) is 75.8 cm³/mol. The summed E-state index contributed by atoms with van der Waals surface area (Å²) in [6, 6.07) is 10.1. The molecule has 1 aliphatic heterocycles. The predicted octanol–water partition coefficient (Wildman–Crippen LogP) is 2.24. The van der Waals surface area contributed by atoms with Gasteiger partial charge in [-0.3, -0.25) is 0 Å². The molecule has 0 amide bonds. The van der Waals surface area contributed by atoms with Crippen molar-refractivity contribution in [1.29, 1.82) is 0 Å². The highest BCUT2D eigenvalue weighted by atomic mass is 15.3. The van der Waals surface area contributed by atoms with E-state index >= 15 is 0 Å². The molecule has 5 heteroatoms. The lowest BCUT2D eigenvalue weighted by Crippen LogP contribution is -2.22. The Morgan fingerprint density at radius 2 is 1.84 bits per heavy atom. The summed E-state index contributed by atoms with van der Waals surface area (Å²) in [5.74, 6) is 1.56. The average Bonchev–Trinajstić information content (AvgIpc) is 3.02. The number of aromatic nitrogens is 3. The fraction of sp³-hybridized carbons (Fsp3) is 0.357. The summed E-state index contributed by atoms with van der Waals surface area (Å²) >= 11 is 0. The Bertz CT molecular complexity index is 537. The standard InChI is InChI=1S/C14H17N5/c1-18(12-7-3-2-4-8-12)13-11-15-17-14(16-13)19-9-5-6-10-19/h2-4,7-8,11H,5-6,9-10H2,1H3. The van der Waals surface area contributed by atoms with Crippen LogP contribution in [-0.2, 0) is 0 Å². The molecule has 0 bridgehead atoms. The van der Waals surface area contributed by atoms with Gasteiger partial charge >= 0.3 is 0 Å². The summed E-state index contributed by atoms with van der Waals surface area (Å²) in [5, 5.41) is 8.22. The Morgan fingerprint density at radius 1 is 1.11 bits per heavy atom. The maximum absolute atomic E-state index is 4.61. The van der Waals surface area contributed by atoms with E-state index in [1.54, 1.807) is 6.20 Å². The normalized spacial score (nSPS) is 14.7. The number of hydrogen-bond donors (Lipinski definition) is 0. The van der Waals surface area contributed by atoms with Gasteiger partial charge in [0, 0.05) is 25.8 Å². The molecule has 0 saturated carbocycles. The van der Waals surface area contributed by atoms with Crippen molar-refractivity contribution in [2.45, 2.75) is 12.8 Å². The van der Waals surface area contributed by atoms with Gasteiger partial charge in [-0.05, 0) is 25.0 Å². The lowest BCUT2D eigenvalue weighted by atomic mass is 10.3. The van der Waals surface area contributed by atoms with Crippen LogP contribution in [0.15, 0.2) is 36.5 Å². The van der Waals surface area contributed by atoms with Gasteiger partial charge in [0.25, 0.3) is 0 Å². The van der Waals surface area contributed by atoms with Crippen molar-refractivity contribution < 1.29 is 0 Å². The Morgan fingerprint density at radius 3 is 2.58 bits per heavy atom. The van der Waals surface area contributed by atoms with E-state index in [9.17, 15) is 0 Å². The summed E-state index contributed by atoms with van der Waals surface area (Å²) in [7, 11) is 1.99. The van der Waals surface area contributed by atoms with Gasteiger partial charge in [-0.25, -0.2) is 0 Å². The Hall–Kier alpha value is -2.17. The zero-order valence-corrected chi connectivity index (χ0v) is 11.0. The molecular weight excluding hydrogens is 238 g/mol. The molecule has 1 fully saturated rings. The van der Waals surface area contributed by atoms with E-state index in [0.717, 1.165) is 30.5 Å². The lowest BCUT2D eigenvalue weighted by Gasteiger charge is -2.20. The van der Waals surface area contributed by atoms with Gasteiger partial charge < -0.3 is 9.80 Å². The molecule has 0 N–H and O–H groups in total. The van der Waals surface area contributed by atoms with Crippen molar-refractivity contribution in [3.8, 4) is 0 Å². The monoisotopic (exact) mass is 255 g/mol.